The Kier molecular flexibility index (Phi) is 2.18. The van der Waals surface area contributed by atoms with Crippen LogP contribution in [0.25, 0.3) is 0 Å². The van der Waals surface area contributed by atoms with Crippen molar-refractivity contribution in [2.45, 2.75) is 24.9 Å². The normalized spacial score (nSPS) is 28.0. The van der Waals surface area contributed by atoms with Crippen LogP contribution in [0.2, 0.25) is 0 Å². The number of rotatable bonds is 2. The van der Waals surface area contributed by atoms with Crippen LogP contribution in [0, 0.1) is 0 Å². The van der Waals surface area contributed by atoms with Crippen molar-refractivity contribution in [3.63, 3.8) is 0 Å². The lowest BCUT2D eigenvalue weighted by molar-refractivity contribution is -0.128. The van der Waals surface area contributed by atoms with Crippen LogP contribution in [-0.4, -0.2) is 37.1 Å². The molecule has 0 aromatic carbocycles. The SMILES string of the molecule is O=C1CCC(C(=O)NC2COC2)N1. The van der Waals surface area contributed by atoms with Gasteiger partial charge in [-0.05, 0) is 6.42 Å². The largest absolute Gasteiger partial charge is 0.377 e. The van der Waals surface area contributed by atoms with Crippen LogP contribution >= 0.6 is 0 Å². The molecular formula is C8H12N2O3. The summed E-state index contributed by atoms with van der Waals surface area (Å²) in [6, 6.07) is -0.182. The first kappa shape index (κ1) is 8.50. The van der Waals surface area contributed by atoms with E-state index < -0.39 is 0 Å². The van der Waals surface area contributed by atoms with E-state index in [4.69, 9.17) is 4.74 Å². The summed E-state index contributed by atoms with van der Waals surface area (Å²) in [5.74, 6) is -0.121. The predicted molar refractivity (Wildman–Crippen MR) is 43.9 cm³/mol. The fourth-order valence-corrected chi connectivity index (χ4v) is 1.43. The Morgan fingerprint density at radius 2 is 2.31 bits per heavy atom. The molecule has 0 aromatic rings. The van der Waals surface area contributed by atoms with Crippen LogP contribution in [0.3, 0.4) is 0 Å². The van der Waals surface area contributed by atoms with E-state index >= 15 is 0 Å². The van der Waals surface area contributed by atoms with Gasteiger partial charge < -0.3 is 15.4 Å². The van der Waals surface area contributed by atoms with E-state index in [1.807, 2.05) is 0 Å². The van der Waals surface area contributed by atoms with Gasteiger partial charge in [0, 0.05) is 6.42 Å². The molecule has 2 fully saturated rings. The molecule has 5 nitrogen and oxygen atoms in total. The standard InChI is InChI=1S/C8H12N2O3/c11-7-2-1-6(10-7)8(12)9-5-3-13-4-5/h5-6H,1-4H2,(H,9,12)(H,10,11). The monoisotopic (exact) mass is 184 g/mol. The highest BCUT2D eigenvalue weighted by atomic mass is 16.5. The lowest BCUT2D eigenvalue weighted by atomic mass is 10.2. The van der Waals surface area contributed by atoms with Gasteiger partial charge in [-0.3, -0.25) is 9.59 Å². The fraction of sp³-hybridized carbons (Fsp3) is 0.750. The van der Waals surface area contributed by atoms with Crippen molar-refractivity contribution in [3.05, 3.63) is 0 Å². The smallest absolute Gasteiger partial charge is 0.242 e. The summed E-state index contributed by atoms with van der Waals surface area (Å²) in [6.07, 6.45) is 1.07. The van der Waals surface area contributed by atoms with Crippen LogP contribution in [0.4, 0.5) is 0 Å². The Morgan fingerprint density at radius 1 is 1.54 bits per heavy atom. The predicted octanol–water partition coefficient (Wildman–Crippen LogP) is -1.22. The summed E-state index contributed by atoms with van der Waals surface area (Å²) in [4.78, 5) is 22.2. The lowest BCUT2D eigenvalue weighted by Gasteiger charge is -2.27. The first-order valence-corrected chi connectivity index (χ1v) is 4.43. The molecule has 2 aliphatic heterocycles. The summed E-state index contributed by atoms with van der Waals surface area (Å²) in [7, 11) is 0. The molecule has 0 aliphatic carbocycles. The van der Waals surface area contributed by atoms with E-state index in [2.05, 4.69) is 10.6 Å². The average molecular weight is 184 g/mol. The number of amides is 2. The van der Waals surface area contributed by atoms with E-state index in [0.29, 0.717) is 26.1 Å². The van der Waals surface area contributed by atoms with Gasteiger partial charge in [0.15, 0.2) is 0 Å². The van der Waals surface area contributed by atoms with E-state index in [0.717, 1.165) is 0 Å². The number of hydrogen-bond donors (Lipinski definition) is 2. The second kappa shape index (κ2) is 3.33. The van der Waals surface area contributed by atoms with Gasteiger partial charge in [-0.2, -0.15) is 0 Å². The fourth-order valence-electron chi connectivity index (χ4n) is 1.43. The van der Waals surface area contributed by atoms with E-state index in [9.17, 15) is 9.59 Å². The van der Waals surface area contributed by atoms with Crippen LogP contribution in [0.15, 0.2) is 0 Å². The molecule has 0 spiro atoms. The third-order valence-electron chi connectivity index (χ3n) is 2.30. The molecule has 13 heavy (non-hydrogen) atoms. The van der Waals surface area contributed by atoms with Gasteiger partial charge in [0.2, 0.25) is 11.8 Å². The molecular weight excluding hydrogens is 172 g/mol. The molecule has 0 saturated carbocycles. The van der Waals surface area contributed by atoms with Gasteiger partial charge in [0.05, 0.1) is 19.3 Å². The number of ether oxygens (including phenoxy) is 1. The van der Waals surface area contributed by atoms with Gasteiger partial charge >= 0.3 is 0 Å². The molecule has 2 amide bonds. The molecule has 2 rings (SSSR count). The average Bonchev–Trinajstić information content (AvgIpc) is 2.44. The second-order valence-corrected chi connectivity index (χ2v) is 3.40. The number of carbonyl (C=O) groups is 2. The Labute approximate surface area is 75.8 Å². The zero-order chi connectivity index (χ0) is 9.26. The summed E-state index contributed by atoms with van der Waals surface area (Å²) >= 11 is 0. The van der Waals surface area contributed by atoms with Crippen molar-refractivity contribution < 1.29 is 14.3 Å². The molecule has 2 heterocycles. The van der Waals surface area contributed by atoms with E-state index in [-0.39, 0.29) is 23.9 Å². The van der Waals surface area contributed by atoms with Crippen LogP contribution in [0.5, 0.6) is 0 Å². The molecule has 2 N–H and O–H groups in total. The van der Waals surface area contributed by atoms with Crippen molar-refractivity contribution >= 4 is 11.8 Å². The topological polar surface area (TPSA) is 67.4 Å². The quantitative estimate of drug-likeness (QED) is 0.565. The Bertz CT molecular complexity index is 238. The minimum atomic E-state index is -0.326. The molecule has 1 atom stereocenters. The molecule has 0 radical (unpaired) electrons. The minimum Gasteiger partial charge on any atom is -0.377 e. The molecule has 1 unspecified atom stereocenters. The highest BCUT2D eigenvalue weighted by molar-refractivity contribution is 5.90. The zero-order valence-electron chi connectivity index (χ0n) is 7.21. The maximum absolute atomic E-state index is 11.4. The molecule has 0 aromatic heterocycles. The number of nitrogens with one attached hydrogen (secondary N) is 2. The first-order valence-electron chi connectivity index (χ1n) is 4.43. The van der Waals surface area contributed by atoms with Crippen LogP contribution in [-0.2, 0) is 14.3 Å². The van der Waals surface area contributed by atoms with Crippen LogP contribution < -0.4 is 10.6 Å². The van der Waals surface area contributed by atoms with Crippen molar-refractivity contribution in [1.29, 1.82) is 0 Å². The Morgan fingerprint density at radius 3 is 2.77 bits per heavy atom. The van der Waals surface area contributed by atoms with Gasteiger partial charge in [-0.15, -0.1) is 0 Å². The summed E-state index contributed by atoms with van der Waals surface area (Å²) in [5, 5.41) is 5.42. The highest BCUT2D eigenvalue weighted by Crippen LogP contribution is 2.08. The maximum atomic E-state index is 11.4. The van der Waals surface area contributed by atoms with Gasteiger partial charge in [0.25, 0.3) is 0 Å². The summed E-state index contributed by atoms with van der Waals surface area (Å²) in [6.45, 7) is 1.18. The molecule has 5 heteroatoms. The van der Waals surface area contributed by atoms with Gasteiger partial charge in [-0.1, -0.05) is 0 Å². The van der Waals surface area contributed by atoms with Crippen LogP contribution in [0.1, 0.15) is 12.8 Å². The van der Waals surface area contributed by atoms with Gasteiger partial charge in [0.1, 0.15) is 6.04 Å². The molecule has 2 aliphatic rings. The molecule has 72 valence electrons. The zero-order valence-corrected chi connectivity index (χ0v) is 7.21. The molecule has 2 saturated heterocycles. The second-order valence-electron chi connectivity index (χ2n) is 3.40. The Hall–Kier alpha value is -1.10. The minimum absolute atomic E-state index is 0.0370. The van der Waals surface area contributed by atoms with E-state index in [1.54, 1.807) is 0 Å². The number of hydrogen-bond acceptors (Lipinski definition) is 3. The van der Waals surface area contributed by atoms with Crippen molar-refractivity contribution in [2.75, 3.05) is 13.2 Å². The van der Waals surface area contributed by atoms with Crippen molar-refractivity contribution in [1.82, 2.24) is 10.6 Å². The third-order valence-corrected chi connectivity index (χ3v) is 2.30. The van der Waals surface area contributed by atoms with Crippen molar-refractivity contribution in [2.24, 2.45) is 0 Å². The van der Waals surface area contributed by atoms with E-state index in [1.165, 1.54) is 0 Å². The molecule has 0 bridgehead atoms. The first-order chi connectivity index (χ1) is 6.25. The van der Waals surface area contributed by atoms with Gasteiger partial charge in [-0.25, -0.2) is 0 Å². The summed E-state index contributed by atoms with van der Waals surface area (Å²) in [5.41, 5.74) is 0. The third kappa shape index (κ3) is 1.80. The highest BCUT2D eigenvalue weighted by Gasteiger charge is 2.30. The number of carbonyl (C=O) groups excluding carboxylic acids is 2. The maximum Gasteiger partial charge on any atom is 0.242 e. The summed E-state index contributed by atoms with van der Waals surface area (Å²) < 4.78 is 4.92. The lowest BCUT2D eigenvalue weighted by Crippen LogP contribution is -2.53. The Balaban J connectivity index is 1.79. The van der Waals surface area contributed by atoms with Crippen molar-refractivity contribution in [3.8, 4) is 0 Å².